The van der Waals surface area contributed by atoms with Gasteiger partial charge in [-0.2, -0.15) is 0 Å². The van der Waals surface area contributed by atoms with Crippen LogP contribution in [0.3, 0.4) is 0 Å². The Hall–Kier alpha value is -1.31. The van der Waals surface area contributed by atoms with Gasteiger partial charge in [-0.3, -0.25) is 0 Å². The molecule has 0 amide bonds. The highest BCUT2D eigenvalue weighted by Gasteiger charge is 2.30. The second-order valence-electron chi connectivity index (χ2n) is 8.47. The van der Waals surface area contributed by atoms with Crippen molar-refractivity contribution in [2.24, 2.45) is 23.7 Å². The maximum absolute atomic E-state index is 12.9. The second kappa shape index (κ2) is 10.1. The van der Waals surface area contributed by atoms with Gasteiger partial charge >= 0.3 is 0 Å². The maximum atomic E-state index is 12.9. The highest BCUT2D eigenvalue weighted by atomic mass is 19.1. The smallest absolute Gasteiger partial charge is 0.123 e. The van der Waals surface area contributed by atoms with Gasteiger partial charge in [0.05, 0.1) is 6.61 Å². The van der Waals surface area contributed by atoms with E-state index in [1.165, 1.54) is 76.3 Å². The van der Waals surface area contributed by atoms with Crippen LogP contribution in [0, 0.1) is 29.5 Å². The number of ether oxygens (including phenoxy) is 1. The van der Waals surface area contributed by atoms with Crippen LogP contribution in [0.4, 0.5) is 4.39 Å². The third kappa shape index (κ3) is 5.86. The number of hydrogen-bond acceptors (Lipinski definition) is 1. The van der Waals surface area contributed by atoms with Gasteiger partial charge in [0, 0.05) is 0 Å². The lowest BCUT2D eigenvalue weighted by molar-refractivity contribution is 0.122. The van der Waals surface area contributed by atoms with E-state index in [0.29, 0.717) is 5.92 Å². The van der Waals surface area contributed by atoms with Gasteiger partial charge < -0.3 is 4.74 Å². The van der Waals surface area contributed by atoms with E-state index in [0.717, 1.165) is 30.1 Å². The Balaban J connectivity index is 1.33. The van der Waals surface area contributed by atoms with Gasteiger partial charge in [0.2, 0.25) is 0 Å². The predicted octanol–water partition coefficient (Wildman–Crippen LogP) is 7.17. The molecule has 3 rings (SSSR count). The van der Waals surface area contributed by atoms with E-state index in [2.05, 4.69) is 19.1 Å². The molecule has 2 saturated carbocycles. The third-order valence-corrected chi connectivity index (χ3v) is 6.73. The van der Waals surface area contributed by atoms with Crippen molar-refractivity contribution >= 4 is 0 Å². The van der Waals surface area contributed by atoms with Crippen LogP contribution in [-0.4, -0.2) is 6.61 Å². The molecule has 0 saturated heterocycles. The number of benzene rings is 1. The summed E-state index contributed by atoms with van der Waals surface area (Å²) in [7, 11) is 0. The van der Waals surface area contributed by atoms with E-state index in [4.69, 9.17) is 4.74 Å². The summed E-state index contributed by atoms with van der Waals surface area (Å²) in [5.41, 5.74) is 0. The Morgan fingerprint density at radius 2 is 1.46 bits per heavy atom. The van der Waals surface area contributed by atoms with E-state index < -0.39 is 0 Å². The molecular formula is C24H35FO. The number of rotatable bonds is 7. The lowest BCUT2D eigenvalue weighted by Crippen LogP contribution is -2.27. The molecule has 1 nitrogen and oxygen atoms in total. The fraction of sp³-hybridized carbons (Fsp3) is 0.667. The van der Waals surface area contributed by atoms with E-state index in [1.807, 2.05) is 0 Å². The van der Waals surface area contributed by atoms with Crippen LogP contribution in [0.2, 0.25) is 0 Å². The normalized spacial score (nSPS) is 29.8. The van der Waals surface area contributed by atoms with Crippen molar-refractivity contribution in [1.82, 2.24) is 0 Å². The van der Waals surface area contributed by atoms with Gasteiger partial charge in [-0.05, 0) is 106 Å². The van der Waals surface area contributed by atoms with Gasteiger partial charge in [0.15, 0.2) is 0 Å². The van der Waals surface area contributed by atoms with Crippen molar-refractivity contribution in [3.63, 3.8) is 0 Å². The first-order valence-electron chi connectivity index (χ1n) is 10.7. The zero-order valence-corrected chi connectivity index (χ0v) is 16.3. The average Bonchev–Trinajstić information content (AvgIpc) is 2.69. The SMILES string of the molecule is C/C=C/CCC1CCC(C2CCC(COc3ccc(F)cc3)CC2)CC1. The van der Waals surface area contributed by atoms with Gasteiger partial charge in [0.25, 0.3) is 0 Å². The van der Waals surface area contributed by atoms with E-state index in [-0.39, 0.29) is 5.82 Å². The molecule has 1 aromatic carbocycles. The van der Waals surface area contributed by atoms with Crippen molar-refractivity contribution < 1.29 is 9.13 Å². The molecule has 0 spiro atoms. The zero-order valence-electron chi connectivity index (χ0n) is 16.3. The predicted molar refractivity (Wildman–Crippen MR) is 107 cm³/mol. The molecule has 0 radical (unpaired) electrons. The Morgan fingerprint density at radius 3 is 2.04 bits per heavy atom. The minimum atomic E-state index is -0.200. The Bertz CT molecular complexity index is 534. The monoisotopic (exact) mass is 358 g/mol. The maximum Gasteiger partial charge on any atom is 0.123 e. The summed E-state index contributed by atoms with van der Waals surface area (Å²) in [6.07, 6.45) is 18.4. The second-order valence-corrected chi connectivity index (χ2v) is 8.47. The molecule has 2 aliphatic carbocycles. The van der Waals surface area contributed by atoms with E-state index >= 15 is 0 Å². The molecule has 0 aliphatic heterocycles. The molecule has 2 fully saturated rings. The first kappa shape index (κ1) is 19.5. The Kier molecular flexibility index (Phi) is 7.58. The van der Waals surface area contributed by atoms with E-state index in [1.54, 1.807) is 12.1 Å². The summed E-state index contributed by atoms with van der Waals surface area (Å²) in [6, 6.07) is 6.41. The molecule has 144 valence electrons. The van der Waals surface area contributed by atoms with Gasteiger partial charge in [-0.25, -0.2) is 4.39 Å². The van der Waals surface area contributed by atoms with Gasteiger partial charge in [-0.1, -0.05) is 25.0 Å². The number of hydrogen-bond donors (Lipinski definition) is 0. The summed E-state index contributed by atoms with van der Waals surface area (Å²) in [4.78, 5) is 0. The molecule has 1 aromatic rings. The van der Waals surface area contributed by atoms with Crippen molar-refractivity contribution in [3.05, 3.63) is 42.2 Å². The van der Waals surface area contributed by atoms with Crippen LogP contribution in [0.15, 0.2) is 36.4 Å². The Labute approximate surface area is 159 Å². The lowest BCUT2D eigenvalue weighted by atomic mass is 9.69. The molecule has 0 heterocycles. The van der Waals surface area contributed by atoms with Crippen molar-refractivity contribution in [2.45, 2.75) is 71.1 Å². The molecule has 2 aliphatic rings. The molecule has 0 bridgehead atoms. The van der Waals surface area contributed by atoms with Crippen molar-refractivity contribution in [2.75, 3.05) is 6.61 Å². The van der Waals surface area contributed by atoms with Crippen LogP contribution in [-0.2, 0) is 0 Å². The summed E-state index contributed by atoms with van der Waals surface area (Å²) < 4.78 is 18.8. The molecule has 2 heteroatoms. The van der Waals surface area contributed by atoms with Crippen molar-refractivity contribution in [3.8, 4) is 5.75 Å². The molecule has 0 atom stereocenters. The number of allylic oxidation sites excluding steroid dienone is 2. The van der Waals surface area contributed by atoms with E-state index in [9.17, 15) is 4.39 Å². The van der Waals surface area contributed by atoms with Gasteiger partial charge in [-0.15, -0.1) is 0 Å². The molecule has 0 N–H and O–H groups in total. The summed E-state index contributed by atoms with van der Waals surface area (Å²) in [6.45, 7) is 2.91. The highest BCUT2D eigenvalue weighted by molar-refractivity contribution is 5.22. The molecule has 0 unspecified atom stereocenters. The molecular weight excluding hydrogens is 323 g/mol. The van der Waals surface area contributed by atoms with Gasteiger partial charge in [0.1, 0.15) is 11.6 Å². The zero-order chi connectivity index (χ0) is 18.2. The lowest BCUT2D eigenvalue weighted by Gasteiger charge is -2.37. The molecule has 26 heavy (non-hydrogen) atoms. The van der Waals surface area contributed by atoms with Crippen LogP contribution in [0.25, 0.3) is 0 Å². The fourth-order valence-electron chi connectivity index (χ4n) is 5.02. The van der Waals surface area contributed by atoms with Crippen LogP contribution >= 0.6 is 0 Å². The van der Waals surface area contributed by atoms with Crippen LogP contribution < -0.4 is 4.74 Å². The summed E-state index contributed by atoms with van der Waals surface area (Å²) in [5.74, 6) is 4.18. The van der Waals surface area contributed by atoms with Crippen LogP contribution in [0.5, 0.6) is 5.75 Å². The standard InChI is InChI=1S/C24H35FO/c1-2-3-4-5-19-6-10-21(11-7-19)22-12-8-20(9-13-22)18-26-24-16-14-23(25)15-17-24/h2-3,14-17,19-22H,4-13,18H2,1H3/b3-2+. The largest absolute Gasteiger partial charge is 0.493 e. The first-order valence-corrected chi connectivity index (χ1v) is 10.7. The fourth-order valence-corrected chi connectivity index (χ4v) is 5.02. The average molecular weight is 359 g/mol. The summed E-state index contributed by atoms with van der Waals surface area (Å²) >= 11 is 0. The quantitative estimate of drug-likeness (QED) is 0.469. The topological polar surface area (TPSA) is 9.23 Å². The summed E-state index contributed by atoms with van der Waals surface area (Å²) in [5, 5.41) is 0. The minimum absolute atomic E-state index is 0.200. The molecule has 0 aromatic heterocycles. The Morgan fingerprint density at radius 1 is 0.885 bits per heavy atom. The first-order chi connectivity index (χ1) is 12.7. The van der Waals surface area contributed by atoms with Crippen LogP contribution in [0.1, 0.15) is 71.1 Å². The highest BCUT2D eigenvalue weighted by Crippen LogP contribution is 2.42. The third-order valence-electron chi connectivity index (χ3n) is 6.73. The minimum Gasteiger partial charge on any atom is -0.493 e. The number of halogens is 1. The van der Waals surface area contributed by atoms with Crippen molar-refractivity contribution in [1.29, 1.82) is 0 Å².